The summed E-state index contributed by atoms with van der Waals surface area (Å²) in [5.74, 6) is 1.92. The second-order valence-corrected chi connectivity index (χ2v) is 6.21. The Morgan fingerprint density at radius 1 is 0.571 bits per heavy atom. The highest BCUT2D eigenvalue weighted by atomic mass is 16.5. The largest absolute Gasteiger partial charge is 0.497 e. The molecule has 2 rings (SSSR count). The first kappa shape index (κ1) is 21.3. The second kappa shape index (κ2) is 11.6. The molecule has 6 heteroatoms. The summed E-state index contributed by atoms with van der Waals surface area (Å²) in [5, 5.41) is 0. The zero-order chi connectivity index (χ0) is 20.2. The fourth-order valence-electron chi connectivity index (χ4n) is 2.54. The number of rotatable bonds is 11. The molecule has 0 spiro atoms. The summed E-state index contributed by atoms with van der Waals surface area (Å²) >= 11 is 0. The van der Waals surface area contributed by atoms with Crippen LogP contribution in [0.5, 0.6) is 23.0 Å². The highest BCUT2D eigenvalue weighted by Gasteiger charge is 2.07. The maximum Gasteiger partial charge on any atom is 0.311 e. The van der Waals surface area contributed by atoms with Crippen LogP contribution in [-0.2, 0) is 9.59 Å². The Labute approximate surface area is 165 Å². The molecule has 0 saturated heterocycles. The minimum atomic E-state index is -0.260. The van der Waals surface area contributed by atoms with Gasteiger partial charge in [-0.05, 0) is 61.4 Å². The van der Waals surface area contributed by atoms with Crippen LogP contribution in [0, 0.1) is 0 Å². The Balaban J connectivity index is 1.54. The maximum absolute atomic E-state index is 11.8. The summed E-state index contributed by atoms with van der Waals surface area (Å²) in [5.41, 5.74) is 0. The van der Waals surface area contributed by atoms with Crippen LogP contribution in [0.15, 0.2) is 48.5 Å². The Morgan fingerprint density at radius 2 is 0.893 bits per heavy atom. The molecule has 0 N–H and O–H groups in total. The first-order valence-electron chi connectivity index (χ1n) is 9.30. The lowest BCUT2D eigenvalue weighted by Gasteiger charge is -2.06. The number of benzene rings is 2. The highest BCUT2D eigenvalue weighted by molar-refractivity contribution is 5.72. The fraction of sp³-hybridized carbons (Fsp3) is 0.364. The summed E-state index contributed by atoms with van der Waals surface area (Å²) in [6.07, 6.45) is 3.86. The van der Waals surface area contributed by atoms with Crippen LogP contribution in [0.2, 0.25) is 0 Å². The highest BCUT2D eigenvalue weighted by Crippen LogP contribution is 2.19. The monoisotopic (exact) mass is 386 g/mol. The van der Waals surface area contributed by atoms with Gasteiger partial charge in [-0.2, -0.15) is 0 Å². The maximum atomic E-state index is 11.8. The lowest BCUT2D eigenvalue weighted by molar-refractivity contribution is -0.135. The number of carbonyl (C=O) groups excluding carboxylic acids is 2. The van der Waals surface area contributed by atoms with Gasteiger partial charge >= 0.3 is 11.9 Å². The Bertz CT molecular complexity index is 671. The summed E-state index contributed by atoms with van der Waals surface area (Å²) in [6, 6.07) is 13.8. The molecule has 0 aromatic heterocycles. The van der Waals surface area contributed by atoms with Crippen LogP contribution in [0.25, 0.3) is 0 Å². The molecule has 6 nitrogen and oxygen atoms in total. The normalized spacial score (nSPS) is 10.2. The van der Waals surface area contributed by atoms with Crippen molar-refractivity contribution in [2.75, 3.05) is 14.2 Å². The van der Waals surface area contributed by atoms with Gasteiger partial charge in [0.1, 0.15) is 23.0 Å². The first-order valence-corrected chi connectivity index (χ1v) is 9.30. The van der Waals surface area contributed by atoms with Gasteiger partial charge in [0.15, 0.2) is 0 Å². The lowest BCUT2D eigenvalue weighted by Crippen LogP contribution is -2.08. The molecular formula is C22H26O6. The van der Waals surface area contributed by atoms with Crippen molar-refractivity contribution in [3.8, 4) is 23.0 Å². The zero-order valence-electron chi connectivity index (χ0n) is 16.3. The molecule has 0 radical (unpaired) electrons. The number of unbranched alkanes of at least 4 members (excludes halogenated alkanes) is 3. The van der Waals surface area contributed by atoms with E-state index in [4.69, 9.17) is 18.9 Å². The summed E-state index contributed by atoms with van der Waals surface area (Å²) in [6.45, 7) is 0. The minimum absolute atomic E-state index is 0.260. The third kappa shape index (κ3) is 7.70. The van der Waals surface area contributed by atoms with E-state index in [-0.39, 0.29) is 11.9 Å². The summed E-state index contributed by atoms with van der Waals surface area (Å²) in [4.78, 5) is 23.6. The van der Waals surface area contributed by atoms with Crippen molar-refractivity contribution in [2.24, 2.45) is 0 Å². The molecule has 0 aliphatic heterocycles. The van der Waals surface area contributed by atoms with Gasteiger partial charge in [0.2, 0.25) is 0 Å². The quantitative estimate of drug-likeness (QED) is 0.320. The van der Waals surface area contributed by atoms with E-state index in [9.17, 15) is 9.59 Å². The predicted octanol–water partition coefficient (Wildman–Crippen LogP) is 4.56. The smallest absolute Gasteiger partial charge is 0.311 e. The average Bonchev–Trinajstić information content (AvgIpc) is 2.71. The standard InChI is InChI=1S/C22H26O6/c1-25-17-9-13-19(14-10-17)27-21(23)7-5-3-4-6-8-22(24)28-20-15-11-18(26-2)12-16-20/h9-16H,3-8H2,1-2H3. The molecule has 2 aromatic carbocycles. The Kier molecular flexibility index (Phi) is 8.85. The Morgan fingerprint density at radius 3 is 1.21 bits per heavy atom. The first-order chi connectivity index (χ1) is 13.6. The lowest BCUT2D eigenvalue weighted by atomic mass is 10.1. The number of hydrogen-bond acceptors (Lipinski definition) is 6. The van der Waals surface area contributed by atoms with E-state index >= 15 is 0 Å². The van der Waals surface area contributed by atoms with Gasteiger partial charge in [-0.1, -0.05) is 12.8 Å². The van der Waals surface area contributed by atoms with E-state index in [1.807, 2.05) is 0 Å². The van der Waals surface area contributed by atoms with Crippen LogP contribution < -0.4 is 18.9 Å². The molecule has 0 aliphatic carbocycles. The van der Waals surface area contributed by atoms with Crippen LogP contribution in [0.3, 0.4) is 0 Å². The van der Waals surface area contributed by atoms with E-state index in [2.05, 4.69) is 0 Å². The van der Waals surface area contributed by atoms with Crippen molar-refractivity contribution < 1.29 is 28.5 Å². The molecule has 0 saturated carbocycles. The van der Waals surface area contributed by atoms with Crippen LogP contribution in [0.1, 0.15) is 38.5 Å². The fourth-order valence-corrected chi connectivity index (χ4v) is 2.54. The van der Waals surface area contributed by atoms with E-state index in [0.29, 0.717) is 35.8 Å². The average molecular weight is 386 g/mol. The van der Waals surface area contributed by atoms with Gasteiger partial charge in [-0.15, -0.1) is 0 Å². The molecule has 0 aliphatic rings. The minimum Gasteiger partial charge on any atom is -0.497 e. The van der Waals surface area contributed by atoms with Crippen LogP contribution >= 0.6 is 0 Å². The van der Waals surface area contributed by atoms with Gasteiger partial charge in [0, 0.05) is 12.8 Å². The zero-order valence-corrected chi connectivity index (χ0v) is 16.3. The molecule has 0 heterocycles. The van der Waals surface area contributed by atoms with Gasteiger partial charge in [-0.3, -0.25) is 9.59 Å². The number of carbonyl (C=O) groups is 2. The van der Waals surface area contributed by atoms with Crippen LogP contribution in [-0.4, -0.2) is 26.2 Å². The van der Waals surface area contributed by atoms with E-state index in [1.165, 1.54) is 0 Å². The molecule has 28 heavy (non-hydrogen) atoms. The van der Waals surface area contributed by atoms with Gasteiger partial charge in [0.25, 0.3) is 0 Å². The number of hydrogen-bond donors (Lipinski definition) is 0. The summed E-state index contributed by atoms with van der Waals surface area (Å²) in [7, 11) is 3.17. The van der Waals surface area contributed by atoms with Crippen molar-refractivity contribution in [3.05, 3.63) is 48.5 Å². The van der Waals surface area contributed by atoms with Crippen molar-refractivity contribution >= 4 is 11.9 Å². The number of ether oxygens (including phenoxy) is 4. The second-order valence-electron chi connectivity index (χ2n) is 6.21. The number of methoxy groups -OCH3 is 2. The topological polar surface area (TPSA) is 71.1 Å². The molecule has 2 aromatic rings. The molecule has 150 valence electrons. The van der Waals surface area contributed by atoms with Crippen LogP contribution in [0.4, 0.5) is 0 Å². The Hall–Kier alpha value is -3.02. The van der Waals surface area contributed by atoms with Gasteiger partial charge in [0.05, 0.1) is 14.2 Å². The SMILES string of the molecule is COc1ccc(OC(=O)CCCCCCC(=O)Oc2ccc(OC)cc2)cc1. The predicted molar refractivity (Wildman–Crippen MR) is 105 cm³/mol. The van der Waals surface area contributed by atoms with E-state index in [1.54, 1.807) is 62.8 Å². The van der Waals surface area contributed by atoms with E-state index < -0.39 is 0 Å². The molecule has 0 bridgehead atoms. The molecule has 0 atom stereocenters. The third-order valence-corrected chi connectivity index (χ3v) is 4.09. The van der Waals surface area contributed by atoms with Gasteiger partial charge < -0.3 is 18.9 Å². The third-order valence-electron chi connectivity index (χ3n) is 4.09. The van der Waals surface area contributed by atoms with E-state index in [0.717, 1.165) is 25.7 Å². The van der Waals surface area contributed by atoms with Gasteiger partial charge in [-0.25, -0.2) is 0 Å². The molecular weight excluding hydrogens is 360 g/mol. The number of esters is 2. The van der Waals surface area contributed by atoms with Crippen molar-refractivity contribution in [1.29, 1.82) is 0 Å². The van der Waals surface area contributed by atoms with Crippen molar-refractivity contribution in [3.63, 3.8) is 0 Å². The molecule has 0 fully saturated rings. The van der Waals surface area contributed by atoms with Crippen molar-refractivity contribution in [1.82, 2.24) is 0 Å². The molecule has 0 unspecified atom stereocenters. The molecule has 0 amide bonds. The van der Waals surface area contributed by atoms with Crippen molar-refractivity contribution in [2.45, 2.75) is 38.5 Å². The summed E-state index contributed by atoms with van der Waals surface area (Å²) < 4.78 is 20.6.